The van der Waals surface area contributed by atoms with Gasteiger partial charge in [0, 0.05) is 25.8 Å². The summed E-state index contributed by atoms with van der Waals surface area (Å²) in [5.41, 5.74) is 1.75. The quantitative estimate of drug-likeness (QED) is 0.713. The van der Waals surface area contributed by atoms with Gasteiger partial charge in [-0.05, 0) is 51.7 Å². The number of carbonyl (C=O) groups is 1. The molecule has 1 heterocycles. The first kappa shape index (κ1) is 18.9. The second kappa shape index (κ2) is 9.79. The van der Waals surface area contributed by atoms with Crippen LogP contribution in [0.4, 0.5) is 5.82 Å². The summed E-state index contributed by atoms with van der Waals surface area (Å²) < 4.78 is 0. The monoisotopic (exact) mass is 340 g/mol. The molecule has 5 nitrogen and oxygen atoms in total. The molecule has 134 valence electrons. The lowest BCUT2D eigenvalue weighted by atomic mass is 10.2. The van der Waals surface area contributed by atoms with Gasteiger partial charge in [-0.15, -0.1) is 0 Å². The van der Waals surface area contributed by atoms with Crippen LogP contribution in [0.25, 0.3) is 0 Å². The fourth-order valence-electron chi connectivity index (χ4n) is 2.55. The smallest absolute Gasteiger partial charge is 0.255 e. The van der Waals surface area contributed by atoms with Gasteiger partial charge in [-0.2, -0.15) is 0 Å². The van der Waals surface area contributed by atoms with Crippen molar-refractivity contribution in [2.75, 3.05) is 39.0 Å². The van der Waals surface area contributed by atoms with Crippen LogP contribution in [-0.2, 0) is 6.54 Å². The predicted molar refractivity (Wildman–Crippen MR) is 103 cm³/mol. The number of aromatic nitrogens is 1. The Morgan fingerprint density at radius 2 is 1.88 bits per heavy atom. The van der Waals surface area contributed by atoms with Crippen molar-refractivity contribution in [3.8, 4) is 0 Å². The molecule has 25 heavy (non-hydrogen) atoms. The van der Waals surface area contributed by atoms with Gasteiger partial charge in [0.15, 0.2) is 0 Å². The van der Waals surface area contributed by atoms with Crippen molar-refractivity contribution in [3.05, 3.63) is 59.8 Å². The molecule has 2 rings (SSSR count). The van der Waals surface area contributed by atoms with E-state index < -0.39 is 0 Å². The van der Waals surface area contributed by atoms with Crippen LogP contribution in [0.15, 0.2) is 48.7 Å². The summed E-state index contributed by atoms with van der Waals surface area (Å²) in [6.45, 7) is 5.18. The molecule has 1 amide bonds. The molecule has 0 spiro atoms. The maximum absolute atomic E-state index is 12.7. The van der Waals surface area contributed by atoms with Gasteiger partial charge in [0.1, 0.15) is 5.82 Å². The summed E-state index contributed by atoms with van der Waals surface area (Å²) in [6, 6.07) is 13.8. The van der Waals surface area contributed by atoms with Gasteiger partial charge in [0.2, 0.25) is 0 Å². The number of hydrogen-bond acceptors (Lipinski definition) is 4. The zero-order valence-corrected chi connectivity index (χ0v) is 15.4. The summed E-state index contributed by atoms with van der Waals surface area (Å²) in [6.07, 6.45) is 2.71. The van der Waals surface area contributed by atoms with Crippen molar-refractivity contribution in [2.24, 2.45) is 0 Å². The van der Waals surface area contributed by atoms with Crippen LogP contribution >= 0.6 is 0 Å². The highest BCUT2D eigenvalue weighted by atomic mass is 16.2. The zero-order valence-electron chi connectivity index (χ0n) is 15.4. The lowest BCUT2D eigenvalue weighted by Gasteiger charge is -2.21. The van der Waals surface area contributed by atoms with E-state index in [1.807, 2.05) is 54.3 Å². The summed E-state index contributed by atoms with van der Waals surface area (Å²) in [5.74, 6) is 0.819. The molecule has 0 aliphatic heterocycles. The Labute approximate surface area is 150 Å². The Kier molecular flexibility index (Phi) is 7.41. The number of hydrogen-bond donors (Lipinski definition) is 1. The van der Waals surface area contributed by atoms with Crippen LogP contribution in [-0.4, -0.2) is 54.4 Å². The van der Waals surface area contributed by atoms with Gasteiger partial charge in [0.25, 0.3) is 5.91 Å². The summed E-state index contributed by atoms with van der Waals surface area (Å²) in [4.78, 5) is 21.0. The minimum absolute atomic E-state index is 0.0120. The van der Waals surface area contributed by atoms with Gasteiger partial charge >= 0.3 is 0 Å². The molecular weight excluding hydrogens is 312 g/mol. The lowest BCUT2D eigenvalue weighted by molar-refractivity contribution is 0.0752. The third kappa shape index (κ3) is 6.19. The maximum atomic E-state index is 12.7. The number of carbonyl (C=O) groups excluding carboxylic acids is 1. The van der Waals surface area contributed by atoms with E-state index in [2.05, 4.69) is 29.3 Å². The molecule has 0 saturated heterocycles. The van der Waals surface area contributed by atoms with E-state index in [9.17, 15) is 4.79 Å². The van der Waals surface area contributed by atoms with Crippen molar-refractivity contribution in [1.82, 2.24) is 14.8 Å². The predicted octanol–water partition coefficient (Wildman–Crippen LogP) is 3.11. The molecule has 1 N–H and O–H groups in total. The third-order valence-electron chi connectivity index (χ3n) is 3.98. The Hall–Kier alpha value is -2.40. The summed E-state index contributed by atoms with van der Waals surface area (Å²) in [5, 5.41) is 3.29. The molecule has 0 fully saturated rings. The van der Waals surface area contributed by atoms with Crippen molar-refractivity contribution < 1.29 is 4.79 Å². The van der Waals surface area contributed by atoms with E-state index in [4.69, 9.17) is 0 Å². The number of nitrogens with one attached hydrogen (secondary N) is 1. The standard InChI is InChI=1S/C20H28N4O/c1-4-24(16-17-9-6-5-7-10-17)20(25)18-11-12-19(22-15-18)21-13-8-14-23(2)3/h5-7,9-12,15H,4,8,13-14,16H2,1-3H3,(H,21,22). The Morgan fingerprint density at radius 1 is 1.12 bits per heavy atom. The van der Waals surface area contributed by atoms with Crippen molar-refractivity contribution in [3.63, 3.8) is 0 Å². The van der Waals surface area contributed by atoms with Gasteiger partial charge < -0.3 is 15.1 Å². The number of amides is 1. The number of rotatable bonds is 9. The number of pyridine rings is 1. The molecule has 0 aliphatic carbocycles. The largest absolute Gasteiger partial charge is 0.370 e. The van der Waals surface area contributed by atoms with E-state index in [0.29, 0.717) is 18.7 Å². The molecule has 0 radical (unpaired) electrons. The first-order valence-electron chi connectivity index (χ1n) is 8.78. The van der Waals surface area contributed by atoms with Crippen LogP contribution < -0.4 is 5.32 Å². The molecule has 1 aromatic heterocycles. The Morgan fingerprint density at radius 3 is 2.48 bits per heavy atom. The fourth-order valence-corrected chi connectivity index (χ4v) is 2.55. The van der Waals surface area contributed by atoms with Crippen LogP contribution in [0, 0.1) is 0 Å². The van der Waals surface area contributed by atoms with Crippen LogP contribution in [0.5, 0.6) is 0 Å². The van der Waals surface area contributed by atoms with E-state index >= 15 is 0 Å². The molecular formula is C20H28N4O. The van der Waals surface area contributed by atoms with Crippen molar-refractivity contribution in [1.29, 1.82) is 0 Å². The molecule has 0 aliphatic rings. The van der Waals surface area contributed by atoms with Gasteiger partial charge in [-0.1, -0.05) is 30.3 Å². The number of anilines is 1. The average molecular weight is 340 g/mol. The van der Waals surface area contributed by atoms with Crippen molar-refractivity contribution >= 4 is 11.7 Å². The normalized spacial score (nSPS) is 10.7. The van der Waals surface area contributed by atoms with E-state index in [1.165, 1.54) is 0 Å². The van der Waals surface area contributed by atoms with Crippen LogP contribution in [0.3, 0.4) is 0 Å². The average Bonchev–Trinajstić information content (AvgIpc) is 2.64. The van der Waals surface area contributed by atoms with E-state index in [1.54, 1.807) is 6.20 Å². The second-order valence-corrected chi connectivity index (χ2v) is 6.32. The highest BCUT2D eigenvalue weighted by Crippen LogP contribution is 2.11. The molecule has 2 aromatic rings. The SMILES string of the molecule is CCN(Cc1ccccc1)C(=O)c1ccc(NCCCN(C)C)nc1. The van der Waals surface area contributed by atoms with Crippen LogP contribution in [0.2, 0.25) is 0 Å². The minimum Gasteiger partial charge on any atom is -0.370 e. The number of nitrogens with zero attached hydrogens (tertiary/aromatic N) is 3. The minimum atomic E-state index is 0.0120. The fraction of sp³-hybridized carbons (Fsp3) is 0.400. The van der Waals surface area contributed by atoms with Gasteiger partial charge in [0.05, 0.1) is 5.56 Å². The van der Waals surface area contributed by atoms with E-state index in [-0.39, 0.29) is 5.91 Å². The lowest BCUT2D eigenvalue weighted by Crippen LogP contribution is -2.30. The third-order valence-corrected chi connectivity index (χ3v) is 3.98. The first-order chi connectivity index (χ1) is 12.1. The van der Waals surface area contributed by atoms with Gasteiger partial charge in [-0.25, -0.2) is 4.98 Å². The molecule has 0 unspecified atom stereocenters. The highest BCUT2D eigenvalue weighted by molar-refractivity contribution is 5.94. The molecule has 1 aromatic carbocycles. The molecule has 0 saturated carbocycles. The number of benzene rings is 1. The second-order valence-electron chi connectivity index (χ2n) is 6.32. The molecule has 0 bridgehead atoms. The van der Waals surface area contributed by atoms with Gasteiger partial charge in [-0.3, -0.25) is 4.79 Å². The zero-order chi connectivity index (χ0) is 18.1. The summed E-state index contributed by atoms with van der Waals surface area (Å²) >= 11 is 0. The molecule has 5 heteroatoms. The Balaban J connectivity index is 1.91. The van der Waals surface area contributed by atoms with E-state index in [0.717, 1.165) is 30.9 Å². The summed E-state index contributed by atoms with van der Waals surface area (Å²) in [7, 11) is 4.13. The van der Waals surface area contributed by atoms with Crippen LogP contribution in [0.1, 0.15) is 29.3 Å². The maximum Gasteiger partial charge on any atom is 0.255 e. The topological polar surface area (TPSA) is 48.5 Å². The first-order valence-corrected chi connectivity index (χ1v) is 8.78. The Bertz CT molecular complexity index is 641. The van der Waals surface area contributed by atoms with Crippen molar-refractivity contribution in [2.45, 2.75) is 19.9 Å². The highest BCUT2D eigenvalue weighted by Gasteiger charge is 2.14. The molecule has 0 atom stereocenters.